The molecule has 9 nitrogen and oxygen atoms in total. The van der Waals surface area contributed by atoms with E-state index in [-0.39, 0.29) is 16.3 Å². The average Bonchev–Trinajstić information content (AvgIpc) is 3.21. The first kappa shape index (κ1) is 20.1. The number of aromatic amines is 1. The molecule has 10 heteroatoms. The highest BCUT2D eigenvalue weighted by atomic mass is 32.2. The summed E-state index contributed by atoms with van der Waals surface area (Å²) in [6.07, 6.45) is 0. The third kappa shape index (κ3) is 4.70. The molecule has 0 unspecified atom stereocenters. The number of amides is 1. The third-order valence-corrected chi connectivity index (χ3v) is 5.68. The summed E-state index contributed by atoms with van der Waals surface area (Å²) in [5, 5.41) is 6.33. The van der Waals surface area contributed by atoms with Crippen molar-refractivity contribution in [3.63, 3.8) is 0 Å². The van der Waals surface area contributed by atoms with Crippen LogP contribution in [0.5, 0.6) is 0 Å². The number of nitrogens with one attached hydrogen (secondary N) is 3. The lowest BCUT2D eigenvalue weighted by Crippen LogP contribution is -2.14. The molecule has 4 aromatic rings. The Bertz CT molecular complexity index is 1380. The van der Waals surface area contributed by atoms with E-state index < -0.39 is 21.7 Å². The molecule has 156 valence electrons. The number of benzene rings is 3. The van der Waals surface area contributed by atoms with Gasteiger partial charge in [0.1, 0.15) is 0 Å². The molecular formula is C21H16N4O5S. The van der Waals surface area contributed by atoms with Crippen LogP contribution >= 0.6 is 0 Å². The van der Waals surface area contributed by atoms with Crippen LogP contribution in [0, 0.1) is 0 Å². The van der Waals surface area contributed by atoms with Gasteiger partial charge < -0.3 is 5.32 Å². The monoisotopic (exact) mass is 436 g/mol. The number of rotatable bonds is 6. The third-order valence-electron chi connectivity index (χ3n) is 4.29. The van der Waals surface area contributed by atoms with Crippen molar-refractivity contribution in [2.45, 2.75) is 4.90 Å². The molecule has 0 saturated heterocycles. The summed E-state index contributed by atoms with van der Waals surface area (Å²) in [6, 6.07) is 20.7. The van der Waals surface area contributed by atoms with E-state index in [9.17, 15) is 18.0 Å². The SMILES string of the molecule is O=C(Nc1cccc(-c2noc(=O)[nH]2)c1)c1ccc(S(=O)(=O)Nc2ccccc2)cc1. The molecule has 0 aliphatic carbocycles. The zero-order chi connectivity index (χ0) is 21.8. The Kier molecular flexibility index (Phi) is 5.37. The van der Waals surface area contributed by atoms with Crippen LogP contribution in [-0.4, -0.2) is 24.5 Å². The summed E-state index contributed by atoms with van der Waals surface area (Å²) >= 11 is 0. The zero-order valence-corrected chi connectivity index (χ0v) is 16.7. The second-order valence-electron chi connectivity index (χ2n) is 6.47. The molecule has 0 saturated carbocycles. The van der Waals surface area contributed by atoms with E-state index in [1.807, 2.05) is 0 Å². The second-order valence-corrected chi connectivity index (χ2v) is 8.16. The maximum atomic E-state index is 12.5. The predicted molar refractivity (Wildman–Crippen MR) is 114 cm³/mol. The highest BCUT2D eigenvalue weighted by Crippen LogP contribution is 2.20. The fraction of sp³-hybridized carbons (Fsp3) is 0. The van der Waals surface area contributed by atoms with E-state index in [1.165, 1.54) is 24.3 Å². The summed E-state index contributed by atoms with van der Waals surface area (Å²) in [5.74, 6) is -0.867. The number of H-pyrrole nitrogens is 1. The van der Waals surface area contributed by atoms with Crippen molar-refractivity contribution in [3.8, 4) is 11.4 Å². The lowest BCUT2D eigenvalue weighted by Gasteiger charge is -2.09. The maximum absolute atomic E-state index is 12.5. The molecule has 3 N–H and O–H groups in total. The molecule has 1 aromatic heterocycles. The number of nitrogens with zero attached hydrogens (tertiary/aromatic N) is 1. The molecule has 3 aromatic carbocycles. The van der Waals surface area contributed by atoms with E-state index in [0.29, 0.717) is 16.9 Å². The minimum Gasteiger partial charge on any atom is -0.322 e. The van der Waals surface area contributed by atoms with Crippen molar-refractivity contribution in [1.82, 2.24) is 10.1 Å². The Morgan fingerprint density at radius 3 is 2.29 bits per heavy atom. The Morgan fingerprint density at radius 2 is 1.61 bits per heavy atom. The first-order valence-corrected chi connectivity index (χ1v) is 10.5. The molecule has 0 aliphatic heterocycles. The van der Waals surface area contributed by atoms with Crippen molar-refractivity contribution in [2.24, 2.45) is 0 Å². The molecule has 0 spiro atoms. The number of hydrogen-bond acceptors (Lipinski definition) is 6. The van der Waals surface area contributed by atoms with Gasteiger partial charge in [-0.2, -0.15) is 0 Å². The van der Waals surface area contributed by atoms with Gasteiger partial charge in [0, 0.05) is 22.5 Å². The zero-order valence-electron chi connectivity index (χ0n) is 15.9. The van der Waals surface area contributed by atoms with E-state index in [4.69, 9.17) is 0 Å². The van der Waals surface area contributed by atoms with Crippen molar-refractivity contribution in [1.29, 1.82) is 0 Å². The molecule has 4 rings (SSSR count). The van der Waals surface area contributed by atoms with Gasteiger partial charge in [-0.05, 0) is 48.5 Å². The summed E-state index contributed by atoms with van der Waals surface area (Å²) in [4.78, 5) is 26.1. The minimum absolute atomic E-state index is 0.0323. The Hall–Kier alpha value is -4.18. The number of carbonyl (C=O) groups is 1. The van der Waals surface area contributed by atoms with Crippen molar-refractivity contribution < 1.29 is 17.7 Å². The van der Waals surface area contributed by atoms with Crippen LogP contribution < -0.4 is 15.8 Å². The summed E-state index contributed by atoms with van der Waals surface area (Å²) in [6.45, 7) is 0. The molecule has 0 bridgehead atoms. The predicted octanol–water partition coefficient (Wildman–Crippen LogP) is 3.08. The number of anilines is 2. The number of carbonyl (C=O) groups excluding carboxylic acids is 1. The van der Waals surface area contributed by atoms with E-state index >= 15 is 0 Å². The molecule has 31 heavy (non-hydrogen) atoms. The van der Waals surface area contributed by atoms with E-state index in [1.54, 1.807) is 54.6 Å². The van der Waals surface area contributed by atoms with E-state index in [2.05, 4.69) is 24.7 Å². The van der Waals surface area contributed by atoms with Crippen LogP contribution in [0.1, 0.15) is 10.4 Å². The van der Waals surface area contributed by atoms with Crippen LogP contribution in [0.25, 0.3) is 11.4 Å². The lowest BCUT2D eigenvalue weighted by atomic mass is 10.1. The molecule has 1 heterocycles. The van der Waals surface area contributed by atoms with Crippen LogP contribution in [0.15, 0.2) is 93.1 Å². The Balaban J connectivity index is 1.48. The van der Waals surface area contributed by atoms with Crippen molar-refractivity contribution in [2.75, 3.05) is 10.0 Å². The van der Waals surface area contributed by atoms with Crippen LogP contribution in [0.4, 0.5) is 11.4 Å². The van der Waals surface area contributed by atoms with Gasteiger partial charge in [0.05, 0.1) is 4.90 Å². The number of hydrogen-bond donors (Lipinski definition) is 3. The molecule has 0 atom stereocenters. The fourth-order valence-corrected chi connectivity index (χ4v) is 3.87. The van der Waals surface area contributed by atoms with Gasteiger partial charge in [-0.1, -0.05) is 35.5 Å². The highest BCUT2D eigenvalue weighted by Gasteiger charge is 2.15. The highest BCUT2D eigenvalue weighted by molar-refractivity contribution is 7.92. The van der Waals surface area contributed by atoms with Crippen LogP contribution in [0.3, 0.4) is 0 Å². The summed E-state index contributed by atoms with van der Waals surface area (Å²) in [5.41, 5.74) is 1.74. The fourth-order valence-electron chi connectivity index (χ4n) is 2.81. The van der Waals surface area contributed by atoms with Gasteiger partial charge in [0.15, 0.2) is 5.82 Å². The lowest BCUT2D eigenvalue weighted by molar-refractivity contribution is 0.102. The normalized spacial score (nSPS) is 11.1. The van der Waals surface area contributed by atoms with Gasteiger partial charge >= 0.3 is 5.76 Å². The van der Waals surface area contributed by atoms with E-state index in [0.717, 1.165) is 0 Å². The minimum atomic E-state index is -3.78. The van der Waals surface area contributed by atoms with Gasteiger partial charge in [0.25, 0.3) is 15.9 Å². The standard InChI is InChI=1S/C21H16N4O5S/c26-20(22-17-8-4-5-15(13-17)19-23-21(27)30-24-19)14-9-11-18(12-10-14)31(28,29)25-16-6-2-1-3-7-16/h1-13,25H,(H,22,26)(H,23,24,27). The molecule has 0 aliphatic rings. The maximum Gasteiger partial charge on any atom is 0.439 e. The van der Waals surface area contributed by atoms with Gasteiger partial charge in [-0.15, -0.1) is 0 Å². The average molecular weight is 436 g/mol. The largest absolute Gasteiger partial charge is 0.439 e. The molecule has 0 fully saturated rings. The van der Waals surface area contributed by atoms with Crippen molar-refractivity contribution in [3.05, 3.63) is 95.0 Å². The summed E-state index contributed by atoms with van der Waals surface area (Å²) < 4.78 is 32.0. The number of aromatic nitrogens is 2. The smallest absolute Gasteiger partial charge is 0.322 e. The van der Waals surface area contributed by atoms with Gasteiger partial charge in [-0.3, -0.25) is 19.0 Å². The van der Waals surface area contributed by atoms with Gasteiger partial charge in [0.2, 0.25) is 0 Å². The molecular weight excluding hydrogens is 420 g/mol. The first-order valence-electron chi connectivity index (χ1n) is 9.06. The topological polar surface area (TPSA) is 134 Å². The number of sulfonamides is 1. The van der Waals surface area contributed by atoms with Crippen LogP contribution in [0.2, 0.25) is 0 Å². The number of para-hydroxylation sites is 1. The van der Waals surface area contributed by atoms with Crippen molar-refractivity contribution >= 4 is 27.3 Å². The Morgan fingerprint density at radius 1 is 0.903 bits per heavy atom. The second kappa shape index (κ2) is 8.28. The van der Waals surface area contributed by atoms with Gasteiger partial charge in [-0.25, -0.2) is 13.2 Å². The molecule has 1 amide bonds. The quantitative estimate of drug-likeness (QED) is 0.425. The first-order chi connectivity index (χ1) is 14.9. The molecule has 0 radical (unpaired) electrons. The summed E-state index contributed by atoms with van der Waals surface area (Å²) in [7, 11) is -3.78. The van der Waals surface area contributed by atoms with Crippen LogP contribution in [-0.2, 0) is 10.0 Å². The Labute approximate surface area is 176 Å².